The molecule has 0 nitrogen and oxygen atoms in total. The second kappa shape index (κ2) is 7.70. The van der Waals surface area contributed by atoms with E-state index in [0.717, 1.165) is 24.8 Å². The van der Waals surface area contributed by atoms with E-state index in [0.29, 0.717) is 6.42 Å². The maximum Gasteiger partial charge on any atom is 0.108 e. The first kappa shape index (κ1) is 12.5. The number of hydrogen-bond donors (Lipinski definition) is 0. The van der Waals surface area contributed by atoms with Crippen molar-refractivity contribution in [1.82, 2.24) is 0 Å². The van der Waals surface area contributed by atoms with E-state index in [1.807, 2.05) is 30.3 Å². The van der Waals surface area contributed by atoms with Crippen LogP contribution in [0.15, 0.2) is 42.2 Å². The predicted molar refractivity (Wildman–Crippen MR) is 66.7 cm³/mol. The van der Waals surface area contributed by atoms with Crippen LogP contribution in [0.3, 0.4) is 0 Å². The Balaban J connectivity index is 2.43. The first-order valence-electron chi connectivity index (χ1n) is 5.74. The van der Waals surface area contributed by atoms with E-state index in [9.17, 15) is 4.39 Å². The second-order valence-corrected chi connectivity index (χ2v) is 3.68. The van der Waals surface area contributed by atoms with Gasteiger partial charge >= 0.3 is 0 Å². The van der Waals surface area contributed by atoms with Crippen molar-refractivity contribution in [3.8, 4) is 11.8 Å². The minimum Gasteiger partial charge on any atom is -0.211 e. The average molecular weight is 216 g/mol. The molecule has 0 aliphatic carbocycles. The lowest BCUT2D eigenvalue weighted by atomic mass is 10.2. The lowest BCUT2D eigenvalue weighted by Crippen LogP contribution is -1.76. The monoisotopic (exact) mass is 216 g/mol. The number of allylic oxidation sites excluding steroid dienone is 2. The standard InChI is InChI=1S/C15H17F/c1-2-3-5-12-15(16)13-8-11-14-9-6-4-7-10-14/h4,6-7,9-10,13H,2-3,5,12H2,1H3/b15-13+. The third kappa shape index (κ3) is 5.36. The molecule has 0 radical (unpaired) electrons. The van der Waals surface area contributed by atoms with Gasteiger partial charge in [-0.1, -0.05) is 49.8 Å². The zero-order chi connectivity index (χ0) is 11.6. The lowest BCUT2D eigenvalue weighted by molar-refractivity contribution is 0.561. The van der Waals surface area contributed by atoms with Gasteiger partial charge in [0.1, 0.15) is 5.83 Å². The largest absolute Gasteiger partial charge is 0.211 e. The van der Waals surface area contributed by atoms with E-state index in [4.69, 9.17) is 0 Å². The average Bonchev–Trinajstić information content (AvgIpc) is 2.31. The van der Waals surface area contributed by atoms with Crippen molar-refractivity contribution in [3.63, 3.8) is 0 Å². The number of benzene rings is 1. The molecular weight excluding hydrogens is 199 g/mol. The Morgan fingerprint density at radius 1 is 1.25 bits per heavy atom. The van der Waals surface area contributed by atoms with Gasteiger partial charge in [-0.2, -0.15) is 0 Å². The van der Waals surface area contributed by atoms with Crippen LogP contribution in [0.25, 0.3) is 0 Å². The summed E-state index contributed by atoms with van der Waals surface area (Å²) in [6.45, 7) is 2.11. The smallest absolute Gasteiger partial charge is 0.108 e. The molecule has 0 unspecified atom stereocenters. The van der Waals surface area contributed by atoms with Gasteiger partial charge in [0.2, 0.25) is 0 Å². The summed E-state index contributed by atoms with van der Waals surface area (Å²) in [5, 5.41) is 0. The molecule has 0 aliphatic rings. The maximum atomic E-state index is 13.2. The van der Waals surface area contributed by atoms with Crippen molar-refractivity contribution >= 4 is 0 Å². The van der Waals surface area contributed by atoms with Gasteiger partial charge in [0.15, 0.2) is 0 Å². The Bertz CT molecular complexity index is 379. The van der Waals surface area contributed by atoms with Gasteiger partial charge in [-0.15, -0.1) is 0 Å². The van der Waals surface area contributed by atoms with Gasteiger partial charge in [0, 0.05) is 11.6 Å². The van der Waals surface area contributed by atoms with Crippen molar-refractivity contribution in [2.24, 2.45) is 0 Å². The second-order valence-electron chi connectivity index (χ2n) is 3.68. The van der Waals surface area contributed by atoms with Crippen LogP contribution < -0.4 is 0 Å². The Kier molecular flexibility index (Phi) is 6.03. The Morgan fingerprint density at radius 3 is 2.69 bits per heavy atom. The minimum absolute atomic E-state index is 0.114. The van der Waals surface area contributed by atoms with Gasteiger partial charge in [-0.05, 0) is 25.0 Å². The topological polar surface area (TPSA) is 0 Å². The first-order valence-corrected chi connectivity index (χ1v) is 5.74. The quantitative estimate of drug-likeness (QED) is 0.514. The molecule has 0 saturated carbocycles. The number of rotatable bonds is 4. The van der Waals surface area contributed by atoms with Gasteiger partial charge in [-0.25, -0.2) is 4.39 Å². The van der Waals surface area contributed by atoms with Gasteiger partial charge in [0.05, 0.1) is 0 Å². The molecular formula is C15H17F. The molecule has 0 fully saturated rings. The molecule has 0 aliphatic heterocycles. The highest BCUT2D eigenvalue weighted by Crippen LogP contribution is 2.09. The summed E-state index contributed by atoms with van der Waals surface area (Å²) < 4.78 is 13.2. The molecule has 0 atom stereocenters. The maximum absolute atomic E-state index is 13.2. The molecule has 84 valence electrons. The third-order valence-corrected chi connectivity index (χ3v) is 2.24. The molecule has 0 N–H and O–H groups in total. The van der Waals surface area contributed by atoms with E-state index in [1.165, 1.54) is 6.08 Å². The fraction of sp³-hybridized carbons (Fsp3) is 0.333. The molecule has 0 spiro atoms. The lowest BCUT2D eigenvalue weighted by Gasteiger charge is -1.93. The van der Waals surface area contributed by atoms with Crippen molar-refractivity contribution in [2.75, 3.05) is 0 Å². The highest BCUT2D eigenvalue weighted by atomic mass is 19.1. The molecule has 0 bridgehead atoms. The molecule has 0 amide bonds. The predicted octanol–water partition coefficient (Wildman–Crippen LogP) is 4.47. The van der Waals surface area contributed by atoms with Crippen LogP contribution in [-0.4, -0.2) is 0 Å². The summed E-state index contributed by atoms with van der Waals surface area (Å²) in [6.07, 6.45) is 4.99. The highest BCUT2D eigenvalue weighted by molar-refractivity contribution is 5.36. The van der Waals surface area contributed by atoms with Crippen molar-refractivity contribution in [3.05, 3.63) is 47.8 Å². The summed E-state index contributed by atoms with van der Waals surface area (Å²) in [4.78, 5) is 0. The molecule has 1 heteroatoms. The molecule has 1 rings (SSSR count). The SMILES string of the molecule is CCCCC/C(F)=C\C#Cc1ccccc1. The molecule has 0 heterocycles. The van der Waals surface area contributed by atoms with Gasteiger partial charge < -0.3 is 0 Å². The fourth-order valence-corrected chi connectivity index (χ4v) is 1.34. The molecule has 0 saturated heterocycles. The molecule has 1 aromatic rings. The summed E-state index contributed by atoms with van der Waals surface area (Å²) in [7, 11) is 0. The zero-order valence-corrected chi connectivity index (χ0v) is 9.67. The van der Waals surface area contributed by atoms with E-state index >= 15 is 0 Å². The Hall–Kier alpha value is -1.55. The van der Waals surface area contributed by atoms with Gasteiger partial charge in [0.25, 0.3) is 0 Å². The van der Waals surface area contributed by atoms with Crippen LogP contribution in [0.1, 0.15) is 38.2 Å². The Morgan fingerprint density at radius 2 is 2.00 bits per heavy atom. The van der Waals surface area contributed by atoms with E-state index in [2.05, 4.69) is 18.8 Å². The summed E-state index contributed by atoms with van der Waals surface area (Å²) in [6, 6.07) is 9.61. The number of hydrogen-bond acceptors (Lipinski definition) is 0. The zero-order valence-electron chi connectivity index (χ0n) is 9.67. The first-order chi connectivity index (χ1) is 7.83. The van der Waals surface area contributed by atoms with Crippen molar-refractivity contribution in [2.45, 2.75) is 32.6 Å². The fourth-order valence-electron chi connectivity index (χ4n) is 1.34. The normalized spacial score (nSPS) is 10.8. The van der Waals surface area contributed by atoms with E-state index < -0.39 is 0 Å². The number of halogens is 1. The summed E-state index contributed by atoms with van der Waals surface area (Å²) in [5.74, 6) is 5.53. The van der Waals surface area contributed by atoms with Gasteiger partial charge in [-0.3, -0.25) is 0 Å². The van der Waals surface area contributed by atoms with E-state index in [1.54, 1.807) is 0 Å². The molecule has 1 aromatic carbocycles. The van der Waals surface area contributed by atoms with E-state index in [-0.39, 0.29) is 5.83 Å². The van der Waals surface area contributed by atoms with Crippen molar-refractivity contribution < 1.29 is 4.39 Å². The summed E-state index contributed by atoms with van der Waals surface area (Å²) >= 11 is 0. The highest BCUT2D eigenvalue weighted by Gasteiger charge is 1.92. The molecule has 16 heavy (non-hydrogen) atoms. The van der Waals surface area contributed by atoms with Crippen LogP contribution in [0.2, 0.25) is 0 Å². The van der Waals surface area contributed by atoms with Crippen LogP contribution in [0.5, 0.6) is 0 Å². The third-order valence-electron chi connectivity index (χ3n) is 2.24. The van der Waals surface area contributed by atoms with Crippen molar-refractivity contribution in [1.29, 1.82) is 0 Å². The minimum atomic E-state index is -0.114. The number of unbranched alkanes of at least 4 members (excludes halogenated alkanes) is 2. The van der Waals surface area contributed by atoms with Crippen LogP contribution in [0.4, 0.5) is 4.39 Å². The molecule has 0 aromatic heterocycles. The Labute approximate surface area is 97.2 Å². The summed E-state index contributed by atoms with van der Waals surface area (Å²) in [5.41, 5.74) is 0.917. The van der Waals surface area contributed by atoms with Crippen LogP contribution >= 0.6 is 0 Å². The van der Waals surface area contributed by atoms with Crippen LogP contribution in [0, 0.1) is 11.8 Å². The van der Waals surface area contributed by atoms with Crippen LogP contribution in [-0.2, 0) is 0 Å².